The van der Waals surface area contributed by atoms with Crippen molar-refractivity contribution >= 4 is 9.84 Å². The second-order valence-corrected chi connectivity index (χ2v) is 6.50. The summed E-state index contributed by atoms with van der Waals surface area (Å²) in [7, 11) is -3.56. The van der Waals surface area contributed by atoms with Crippen LogP contribution in [0.25, 0.3) is 0 Å². The Balaban J connectivity index is 2.77. The summed E-state index contributed by atoms with van der Waals surface area (Å²) in [5.74, 6) is 0. The first-order chi connectivity index (χ1) is 8.42. The van der Waals surface area contributed by atoms with Gasteiger partial charge in [0.15, 0.2) is 9.84 Å². The van der Waals surface area contributed by atoms with E-state index >= 15 is 0 Å². The zero-order chi connectivity index (χ0) is 13.6. The monoisotopic (exact) mass is 255 g/mol. The zero-order valence-corrected chi connectivity index (χ0v) is 11.5. The highest BCUT2D eigenvalue weighted by Crippen LogP contribution is 2.19. The molecule has 0 spiro atoms. The van der Waals surface area contributed by atoms with Crippen LogP contribution in [0.15, 0.2) is 35.2 Å². The molecule has 3 heteroatoms. The Kier molecular flexibility index (Phi) is 5.05. The highest BCUT2D eigenvalue weighted by molar-refractivity contribution is 7.92. The van der Waals surface area contributed by atoms with Crippen molar-refractivity contribution in [3.8, 4) is 0 Å². The summed E-state index contributed by atoms with van der Waals surface area (Å²) in [5.41, 5.74) is 0. The quantitative estimate of drug-likeness (QED) is 0.694. The van der Waals surface area contributed by atoms with E-state index in [1.807, 2.05) is 0 Å². The lowest BCUT2D eigenvalue weighted by Gasteiger charge is -2.12. The van der Waals surface area contributed by atoms with E-state index in [0.717, 1.165) is 25.7 Å². The summed E-state index contributed by atoms with van der Waals surface area (Å²) in [6.45, 7) is 3.61. The topological polar surface area (TPSA) is 34.1 Å². The van der Waals surface area contributed by atoms with Gasteiger partial charge in [0, 0.05) is 1.37 Å². The number of sulfone groups is 1. The van der Waals surface area contributed by atoms with Crippen molar-refractivity contribution in [1.29, 1.82) is 0 Å². The number of benzene rings is 1. The second-order valence-electron chi connectivity index (χ2n) is 4.33. The third-order valence-corrected chi connectivity index (χ3v) is 4.91. The van der Waals surface area contributed by atoms with Crippen LogP contribution in [0.4, 0.5) is 0 Å². The van der Waals surface area contributed by atoms with Gasteiger partial charge in [-0.15, -0.1) is 0 Å². The molecule has 0 aliphatic rings. The van der Waals surface area contributed by atoms with Crippen LogP contribution in [-0.4, -0.2) is 13.6 Å². The highest BCUT2D eigenvalue weighted by atomic mass is 32.2. The van der Waals surface area contributed by atoms with Crippen molar-refractivity contribution in [2.45, 2.75) is 56.1 Å². The largest absolute Gasteiger partial charge is 0.223 e. The van der Waals surface area contributed by atoms with E-state index in [1.165, 1.54) is 6.92 Å². The van der Waals surface area contributed by atoms with Crippen LogP contribution in [0, 0.1) is 0 Å². The highest BCUT2D eigenvalue weighted by Gasteiger charge is 2.22. The maximum Gasteiger partial charge on any atom is 0.180 e. The van der Waals surface area contributed by atoms with Crippen LogP contribution in [-0.2, 0) is 9.84 Å². The lowest BCUT2D eigenvalue weighted by Crippen LogP contribution is -2.17. The molecule has 0 unspecified atom stereocenters. The predicted molar refractivity (Wildman–Crippen MR) is 71.8 cm³/mol. The van der Waals surface area contributed by atoms with Gasteiger partial charge in [0.1, 0.15) is 0 Å². The van der Waals surface area contributed by atoms with E-state index in [2.05, 4.69) is 6.92 Å². The Morgan fingerprint density at radius 3 is 2.41 bits per heavy atom. The minimum absolute atomic E-state index is 0.248. The molecule has 0 N–H and O–H groups in total. The Morgan fingerprint density at radius 2 is 1.82 bits per heavy atom. The van der Waals surface area contributed by atoms with Gasteiger partial charge in [-0.2, -0.15) is 0 Å². The van der Waals surface area contributed by atoms with Crippen molar-refractivity contribution in [1.82, 2.24) is 0 Å². The van der Waals surface area contributed by atoms with Crippen LogP contribution in [0.1, 0.15) is 47.3 Å². The molecule has 1 atom stereocenters. The predicted octanol–water partition coefficient (Wildman–Crippen LogP) is 3.82. The summed E-state index contributed by atoms with van der Waals surface area (Å²) in [6.07, 6.45) is 4.39. The van der Waals surface area contributed by atoms with Gasteiger partial charge >= 0.3 is 0 Å². The van der Waals surface area contributed by atoms with E-state index in [4.69, 9.17) is 1.37 Å². The lowest BCUT2D eigenvalue weighted by atomic mass is 10.1. The van der Waals surface area contributed by atoms with Crippen LogP contribution in [0.5, 0.6) is 0 Å². The first-order valence-corrected chi connectivity index (χ1v) is 7.70. The fourth-order valence-electron chi connectivity index (χ4n) is 1.74. The fraction of sp³-hybridized carbons (Fsp3) is 0.571. The van der Waals surface area contributed by atoms with Gasteiger partial charge in [-0.05, 0) is 25.5 Å². The minimum Gasteiger partial charge on any atom is -0.223 e. The van der Waals surface area contributed by atoms with Crippen LogP contribution >= 0.6 is 0 Å². The lowest BCUT2D eigenvalue weighted by molar-refractivity contribution is 0.563. The molecule has 0 bridgehead atoms. The molecular weight excluding hydrogens is 232 g/mol. The number of rotatable bonds is 7. The molecule has 0 saturated carbocycles. The fourth-order valence-corrected chi connectivity index (χ4v) is 3.07. The first kappa shape index (κ1) is 12.6. The van der Waals surface area contributed by atoms with Gasteiger partial charge in [0.25, 0.3) is 0 Å². The van der Waals surface area contributed by atoms with Gasteiger partial charge in [0.05, 0.1) is 10.1 Å². The van der Waals surface area contributed by atoms with Crippen molar-refractivity contribution in [2.24, 2.45) is 0 Å². The summed E-state index contributed by atoms with van der Waals surface area (Å²) in [6, 6.07) is 8.30. The molecule has 0 amide bonds. The smallest absolute Gasteiger partial charge is 0.180 e. The van der Waals surface area contributed by atoms with Crippen molar-refractivity contribution in [2.75, 3.05) is 0 Å². The van der Waals surface area contributed by atoms with E-state index in [1.54, 1.807) is 30.3 Å². The van der Waals surface area contributed by atoms with Crippen molar-refractivity contribution in [3.05, 3.63) is 30.3 Å². The normalized spacial score (nSPS) is 16.2. The Hall–Kier alpha value is -0.830. The van der Waals surface area contributed by atoms with Gasteiger partial charge in [-0.25, -0.2) is 8.42 Å². The van der Waals surface area contributed by atoms with Gasteiger partial charge < -0.3 is 0 Å². The molecule has 0 aliphatic carbocycles. The number of hydrogen-bond donors (Lipinski definition) is 0. The molecule has 1 aromatic rings. The standard InChI is InChI=1S/C14H22O2S/c1-3-4-5-7-10-13(2)17(15,16)14-11-8-6-9-12-14/h6,8-9,11-13H,3-5,7,10H2,1-2H3/t13-/m0/s1/i13D. The molecule has 0 heterocycles. The molecule has 1 aromatic carbocycles. The van der Waals surface area contributed by atoms with Crippen molar-refractivity contribution < 1.29 is 9.79 Å². The average molecular weight is 255 g/mol. The molecule has 2 nitrogen and oxygen atoms in total. The maximum absolute atomic E-state index is 12.3. The summed E-state index contributed by atoms with van der Waals surface area (Å²) in [4.78, 5) is 0.248. The van der Waals surface area contributed by atoms with E-state index < -0.39 is 15.1 Å². The van der Waals surface area contributed by atoms with Gasteiger partial charge in [-0.3, -0.25) is 0 Å². The summed E-state index contributed by atoms with van der Waals surface area (Å²) >= 11 is 0. The Bertz CT molecular complexity index is 452. The Morgan fingerprint density at radius 1 is 1.18 bits per heavy atom. The number of unbranched alkanes of at least 4 members (excludes halogenated alkanes) is 3. The molecule has 96 valence electrons. The number of hydrogen-bond acceptors (Lipinski definition) is 2. The van der Waals surface area contributed by atoms with E-state index in [9.17, 15) is 8.42 Å². The molecular formula is C14H22O2S. The maximum atomic E-state index is 12.3. The summed E-state index contributed by atoms with van der Waals surface area (Å²) < 4.78 is 32.8. The first-order valence-electron chi connectivity index (χ1n) is 6.71. The van der Waals surface area contributed by atoms with Gasteiger partial charge in [0.2, 0.25) is 0 Å². The van der Waals surface area contributed by atoms with Crippen LogP contribution in [0.2, 0.25) is 0 Å². The van der Waals surface area contributed by atoms with E-state index in [0.29, 0.717) is 6.42 Å². The third-order valence-electron chi connectivity index (χ3n) is 2.89. The summed E-state index contributed by atoms with van der Waals surface area (Å²) in [5, 5.41) is -1.43. The van der Waals surface area contributed by atoms with Crippen LogP contribution in [0.3, 0.4) is 0 Å². The van der Waals surface area contributed by atoms with E-state index in [-0.39, 0.29) is 4.90 Å². The SMILES string of the molecule is [2H][C@](C)(CCCCCC)S(=O)(=O)c1ccccc1. The third kappa shape index (κ3) is 4.15. The molecule has 0 saturated heterocycles. The van der Waals surface area contributed by atoms with Crippen LogP contribution < -0.4 is 0 Å². The van der Waals surface area contributed by atoms with Crippen molar-refractivity contribution in [3.63, 3.8) is 0 Å². The molecule has 0 aromatic heterocycles. The molecule has 0 fully saturated rings. The molecule has 17 heavy (non-hydrogen) atoms. The molecule has 0 radical (unpaired) electrons. The second kappa shape index (κ2) is 6.80. The van der Waals surface area contributed by atoms with Gasteiger partial charge in [-0.1, -0.05) is 50.8 Å². The Labute approximate surface area is 106 Å². The molecule has 0 aliphatic heterocycles. The molecule has 1 rings (SSSR count). The minimum atomic E-state index is -3.56. The zero-order valence-electron chi connectivity index (χ0n) is 11.6. The average Bonchev–Trinajstić information content (AvgIpc) is 2.35.